The Morgan fingerprint density at radius 2 is 1.71 bits per heavy atom. The van der Waals surface area contributed by atoms with Crippen molar-refractivity contribution in [1.29, 1.82) is 0 Å². The van der Waals surface area contributed by atoms with Crippen molar-refractivity contribution in [2.24, 2.45) is 5.92 Å². The molecule has 10 nitrogen and oxygen atoms in total. The predicted molar refractivity (Wildman–Crippen MR) is 185 cm³/mol. The number of carbonyl (C=O) groups is 2. The SMILES string of the molecule is COc1ccc(C(Cc2c(Cl)c[n+]([O-])cc2Cl)OC(=O)c2cccc(CN(C(=O)O[C@H]3CN4CCC3CC4)c3ccc(F)cc3F)c2)cc1OC. The Bertz CT molecular complexity index is 1900. The Balaban J connectivity index is 1.27. The fraction of sp³-hybridized carbons (Fsp3) is 0.324. The maximum atomic E-state index is 15.1. The molecule has 1 unspecified atom stereocenters. The van der Waals surface area contributed by atoms with E-state index >= 15 is 4.39 Å². The van der Waals surface area contributed by atoms with Gasteiger partial charge in [-0.25, -0.2) is 18.4 Å². The number of anilines is 1. The highest BCUT2D eigenvalue weighted by atomic mass is 35.5. The number of nitrogens with zero attached hydrogens (tertiary/aromatic N) is 3. The molecule has 1 aromatic heterocycles. The van der Waals surface area contributed by atoms with E-state index in [4.69, 9.17) is 42.1 Å². The minimum absolute atomic E-state index is 0.00245. The summed E-state index contributed by atoms with van der Waals surface area (Å²) in [4.78, 5) is 30.8. The molecule has 4 aromatic rings. The van der Waals surface area contributed by atoms with E-state index in [1.54, 1.807) is 30.3 Å². The zero-order chi connectivity index (χ0) is 36.2. The van der Waals surface area contributed by atoms with E-state index in [9.17, 15) is 19.2 Å². The number of ether oxygens (including phenoxy) is 4. The summed E-state index contributed by atoms with van der Waals surface area (Å²) in [7, 11) is 2.97. The lowest BCUT2D eigenvalue weighted by atomic mass is 9.86. The first-order valence-electron chi connectivity index (χ1n) is 16.3. The van der Waals surface area contributed by atoms with Gasteiger partial charge < -0.3 is 24.2 Å². The van der Waals surface area contributed by atoms with Crippen LogP contribution in [0.3, 0.4) is 0 Å². The molecule has 3 fully saturated rings. The van der Waals surface area contributed by atoms with Crippen molar-refractivity contribution in [3.05, 3.63) is 122 Å². The first-order chi connectivity index (χ1) is 24.5. The highest BCUT2D eigenvalue weighted by Gasteiger charge is 2.38. The molecular formula is C37H35Cl2F2N3O7. The van der Waals surface area contributed by atoms with E-state index in [1.165, 1.54) is 32.4 Å². The van der Waals surface area contributed by atoms with Crippen LogP contribution in [0.4, 0.5) is 19.3 Å². The third-order valence-electron chi connectivity index (χ3n) is 9.25. The number of methoxy groups -OCH3 is 2. The van der Waals surface area contributed by atoms with E-state index < -0.39 is 29.8 Å². The molecule has 3 saturated heterocycles. The number of carbonyl (C=O) groups excluding carboxylic acids is 2. The molecule has 2 bridgehead atoms. The van der Waals surface area contributed by atoms with Gasteiger partial charge in [0.05, 0.1) is 32.0 Å². The number of amides is 1. The molecule has 7 rings (SSSR count). The average molecular weight is 743 g/mol. The van der Waals surface area contributed by atoms with E-state index in [0.717, 1.165) is 49.3 Å². The van der Waals surface area contributed by atoms with Crippen molar-refractivity contribution in [2.45, 2.75) is 38.0 Å². The van der Waals surface area contributed by atoms with Gasteiger partial charge in [-0.1, -0.05) is 41.4 Å². The summed E-state index contributed by atoms with van der Waals surface area (Å²) in [6, 6.07) is 14.3. The van der Waals surface area contributed by atoms with Crippen molar-refractivity contribution in [3.63, 3.8) is 0 Å². The fourth-order valence-corrected chi connectivity index (χ4v) is 7.15. The Kier molecular flexibility index (Phi) is 11.1. The summed E-state index contributed by atoms with van der Waals surface area (Å²) in [5, 5.41) is 12.1. The molecule has 0 saturated carbocycles. The minimum Gasteiger partial charge on any atom is -0.619 e. The van der Waals surface area contributed by atoms with Gasteiger partial charge >= 0.3 is 12.1 Å². The van der Waals surface area contributed by atoms with E-state index in [2.05, 4.69) is 4.90 Å². The van der Waals surface area contributed by atoms with Gasteiger partial charge in [-0.2, -0.15) is 4.73 Å². The summed E-state index contributed by atoms with van der Waals surface area (Å²) in [6.07, 6.45) is 2.01. The molecule has 0 aliphatic carbocycles. The van der Waals surface area contributed by atoms with Crippen molar-refractivity contribution >= 4 is 41.0 Å². The standard InChI is InChI=1S/C37H35Cl2F2N3O7/c1-48-32-9-6-24(15-34(32)49-2)33(17-27-28(38)19-43(47)20-29(27)39)50-36(45)25-5-3-4-22(14-25)18-44(31-8-7-26(40)16-30(31)41)37(46)51-35-21-42-12-10-23(35)11-13-42/h3-9,14-16,19-20,23,33,35H,10-13,17-18,21H2,1-2H3/t33?,35-/m0/s1. The number of aromatic nitrogens is 1. The van der Waals surface area contributed by atoms with E-state index in [0.29, 0.717) is 45.5 Å². The zero-order valence-corrected chi connectivity index (χ0v) is 29.3. The van der Waals surface area contributed by atoms with Crippen molar-refractivity contribution in [2.75, 3.05) is 38.8 Å². The van der Waals surface area contributed by atoms with Gasteiger partial charge in [0.25, 0.3) is 0 Å². The van der Waals surface area contributed by atoms with E-state index in [-0.39, 0.29) is 46.3 Å². The van der Waals surface area contributed by atoms with Gasteiger partial charge in [-0.3, -0.25) is 9.80 Å². The Morgan fingerprint density at radius 1 is 0.980 bits per heavy atom. The van der Waals surface area contributed by atoms with Gasteiger partial charge in [0.2, 0.25) is 0 Å². The largest absolute Gasteiger partial charge is 0.619 e. The second-order valence-corrected chi connectivity index (χ2v) is 13.3. The average Bonchev–Trinajstić information content (AvgIpc) is 3.12. The number of piperidine rings is 3. The van der Waals surface area contributed by atoms with Crippen LogP contribution < -0.4 is 19.1 Å². The smallest absolute Gasteiger partial charge is 0.415 e. The van der Waals surface area contributed by atoms with Gasteiger partial charge in [-0.15, -0.1) is 0 Å². The molecule has 3 aliphatic rings. The molecular weight excluding hydrogens is 707 g/mol. The van der Waals surface area contributed by atoms with Crippen molar-refractivity contribution < 1.29 is 42.0 Å². The maximum Gasteiger partial charge on any atom is 0.415 e. The van der Waals surface area contributed by atoms with Crippen LogP contribution in [0.15, 0.2) is 73.1 Å². The third-order valence-corrected chi connectivity index (χ3v) is 9.90. The van der Waals surface area contributed by atoms with Gasteiger partial charge in [0.1, 0.15) is 33.9 Å². The first-order valence-corrected chi connectivity index (χ1v) is 17.0. The summed E-state index contributed by atoms with van der Waals surface area (Å²) in [5.74, 6) is -1.41. The number of pyridine rings is 1. The number of benzene rings is 3. The molecule has 3 aliphatic heterocycles. The van der Waals surface area contributed by atoms with Crippen LogP contribution in [0, 0.1) is 22.8 Å². The van der Waals surface area contributed by atoms with Crippen LogP contribution in [0.5, 0.6) is 11.5 Å². The number of rotatable bonds is 11. The quantitative estimate of drug-likeness (QED) is 0.0897. The molecule has 0 spiro atoms. The molecule has 268 valence electrons. The van der Waals surface area contributed by atoms with Crippen LogP contribution >= 0.6 is 23.2 Å². The number of hydrogen-bond acceptors (Lipinski definition) is 8. The first kappa shape index (κ1) is 36.2. The summed E-state index contributed by atoms with van der Waals surface area (Å²) >= 11 is 12.8. The van der Waals surface area contributed by atoms with Crippen LogP contribution in [-0.2, 0) is 22.4 Å². The Morgan fingerprint density at radius 3 is 2.35 bits per heavy atom. The molecule has 0 N–H and O–H groups in total. The van der Waals surface area contributed by atoms with Gasteiger partial charge in [0.15, 0.2) is 23.9 Å². The fourth-order valence-electron chi connectivity index (χ4n) is 6.55. The second-order valence-electron chi connectivity index (χ2n) is 12.4. The number of fused-ring (bicyclic) bond motifs is 3. The molecule has 14 heteroatoms. The van der Waals surface area contributed by atoms with Gasteiger partial charge in [0, 0.05) is 24.6 Å². The number of hydrogen-bond donors (Lipinski definition) is 0. The summed E-state index contributed by atoms with van der Waals surface area (Å²) in [6.45, 7) is 2.29. The zero-order valence-electron chi connectivity index (χ0n) is 27.8. The van der Waals surface area contributed by atoms with Crippen LogP contribution in [0.25, 0.3) is 0 Å². The van der Waals surface area contributed by atoms with Crippen LogP contribution in [-0.4, -0.2) is 56.9 Å². The Hall–Kier alpha value is -4.65. The molecule has 3 aromatic carbocycles. The number of halogens is 4. The molecule has 51 heavy (non-hydrogen) atoms. The highest BCUT2D eigenvalue weighted by molar-refractivity contribution is 6.35. The minimum atomic E-state index is -0.959. The van der Waals surface area contributed by atoms with Crippen molar-refractivity contribution in [3.8, 4) is 11.5 Å². The van der Waals surface area contributed by atoms with Gasteiger partial charge in [-0.05, 0) is 79.4 Å². The molecule has 2 atom stereocenters. The maximum absolute atomic E-state index is 15.1. The Labute approximate surface area is 303 Å². The lowest BCUT2D eigenvalue weighted by Gasteiger charge is -2.44. The molecule has 4 heterocycles. The monoisotopic (exact) mass is 741 g/mol. The summed E-state index contributed by atoms with van der Waals surface area (Å²) in [5.41, 5.74) is 1.32. The third kappa shape index (κ3) is 8.30. The topological polar surface area (TPSA) is 104 Å². The predicted octanol–water partition coefficient (Wildman–Crippen LogP) is 7.30. The van der Waals surface area contributed by atoms with E-state index in [1.807, 2.05) is 0 Å². The normalized spacial score (nSPS) is 18.5. The van der Waals surface area contributed by atoms with Crippen LogP contribution in [0.1, 0.15) is 46.0 Å². The lowest BCUT2D eigenvalue weighted by Crippen LogP contribution is -2.53. The number of esters is 1. The van der Waals surface area contributed by atoms with Crippen LogP contribution in [0.2, 0.25) is 10.0 Å². The second kappa shape index (κ2) is 15.7. The molecule has 0 radical (unpaired) electrons. The summed E-state index contributed by atoms with van der Waals surface area (Å²) < 4.78 is 52.3. The molecule has 1 amide bonds. The highest BCUT2D eigenvalue weighted by Crippen LogP contribution is 2.36. The van der Waals surface area contributed by atoms with Crippen molar-refractivity contribution in [1.82, 2.24) is 4.90 Å². The lowest BCUT2D eigenvalue weighted by molar-refractivity contribution is -0.605.